The topological polar surface area (TPSA) is 80.3 Å². The van der Waals surface area contributed by atoms with E-state index in [2.05, 4.69) is 0 Å². The van der Waals surface area contributed by atoms with E-state index in [1.807, 2.05) is 0 Å². The summed E-state index contributed by atoms with van der Waals surface area (Å²) in [5.41, 5.74) is -1.000. The van der Waals surface area contributed by atoms with Crippen LogP contribution >= 0.6 is 0 Å². The molecule has 0 aliphatic rings. The molecule has 4 nitrogen and oxygen atoms in total. The van der Waals surface area contributed by atoms with Gasteiger partial charge in [0.2, 0.25) is 0 Å². The molecule has 0 saturated heterocycles. The van der Waals surface area contributed by atoms with E-state index < -0.39 is 17.4 Å². The monoisotopic (exact) mass is 186 g/mol. The highest BCUT2D eigenvalue weighted by Gasteiger charge is 2.27. The van der Waals surface area contributed by atoms with Gasteiger partial charge in [-0.25, -0.2) is 0 Å². The lowest BCUT2D eigenvalue weighted by molar-refractivity contribution is -0.321. The number of carboxylic acid groups (broad SMARTS) is 2. The second kappa shape index (κ2) is 4.84. The minimum atomic E-state index is -1.22. The molecule has 13 heavy (non-hydrogen) atoms. The Hall–Kier alpha value is -1.06. The van der Waals surface area contributed by atoms with E-state index in [9.17, 15) is 19.8 Å². The Morgan fingerprint density at radius 3 is 1.85 bits per heavy atom. The van der Waals surface area contributed by atoms with Crippen molar-refractivity contribution in [1.29, 1.82) is 0 Å². The summed E-state index contributed by atoms with van der Waals surface area (Å²) in [6.07, 6.45) is 0.637. The predicted molar refractivity (Wildman–Crippen MR) is 42.3 cm³/mol. The fraction of sp³-hybridized carbons (Fsp3) is 0.778. The Kier molecular flexibility index (Phi) is 4.45. The zero-order valence-corrected chi connectivity index (χ0v) is 7.96. The van der Waals surface area contributed by atoms with Gasteiger partial charge < -0.3 is 19.8 Å². The van der Waals surface area contributed by atoms with Crippen molar-refractivity contribution in [3.8, 4) is 0 Å². The molecule has 0 atom stereocenters. The standard InChI is InChI=1S/C9H16O4/c1-3-9(4-2,8(12)13)6-5-7(10)11/h3-6H2,1-2H3,(H,10,11)(H,12,13)/p-2. The summed E-state index contributed by atoms with van der Waals surface area (Å²) in [6, 6.07) is 0. The molecule has 76 valence electrons. The Labute approximate surface area is 77.6 Å². The first-order valence-electron chi connectivity index (χ1n) is 4.39. The first-order valence-corrected chi connectivity index (χ1v) is 4.39. The van der Waals surface area contributed by atoms with E-state index in [-0.39, 0.29) is 12.8 Å². The van der Waals surface area contributed by atoms with E-state index >= 15 is 0 Å². The van der Waals surface area contributed by atoms with Gasteiger partial charge in [0, 0.05) is 17.4 Å². The minimum absolute atomic E-state index is 0.0880. The molecular weight excluding hydrogens is 172 g/mol. The molecule has 0 aromatic carbocycles. The predicted octanol–water partition coefficient (Wildman–Crippen LogP) is -0.927. The van der Waals surface area contributed by atoms with Crippen LogP contribution in [0.1, 0.15) is 39.5 Å². The molecule has 0 bridgehead atoms. The highest BCUT2D eigenvalue weighted by Crippen LogP contribution is 2.30. The number of carbonyl (C=O) groups excluding carboxylic acids is 2. The average molecular weight is 186 g/mol. The molecular formula is C9H14O4-2. The largest absolute Gasteiger partial charge is 0.550 e. The third kappa shape index (κ3) is 3.05. The van der Waals surface area contributed by atoms with E-state index in [1.165, 1.54) is 0 Å². The Morgan fingerprint density at radius 2 is 1.62 bits per heavy atom. The molecule has 0 heterocycles. The maximum Gasteiger partial charge on any atom is 0.0476 e. The van der Waals surface area contributed by atoms with Crippen molar-refractivity contribution >= 4 is 11.9 Å². The highest BCUT2D eigenvalue weighted by atomic mass is 16.4. The molecule has 0 N–H and O–H groups in total. The number of carbonyl (C=O) groups is 2. The van der Waals surface area contributed by atoms with Crippen LogP contribution < -0.4 is 10.2 Å². The number of rotatable bonds is 6. The molecule has 0 unspecified atom stereocenters. The lowest BCUT2D eigenvalue weighted by atomic mass is 9.78. The number of hydrogen-bond donors (Lipinski definition) is 0. The summed E-state index contributed by atoms with van der Waals surface area (Å²) in [5, 5.41) is 20.9. The number of carboxylic acids is 2. The lowest BCUT2D eigenvalue weighted by Gasteiger charge is -2.32. The van der Waals surface area contributed by atoms with Crippen LogP contribution in [0.2, 0.25) is 0 Å². The zero-order chi connectivity index (χ0) is 10.5. The molecule has 0 aliphatic carbocycles. The summed E-state index contributed by atoms with van der Waals surface area (Å²) in [7, 11) is 0. The van der Waals surface area contributed by atoms with Gasteiger partial charge in [-0.05, 0) is 25.7 Å². The Balaban J connectivity index is 4.39. The third-order valence-electron chi connectivity index (χ3n) is 2.59. The van der Waals surface area contributed by atoms with E-state index in [4.69, 9.17) is 0 Å². The van der Waals surface area contributed by atoms with Gasteiger partial charge in [0.15, 0.2) is 0 Å². The molecule has 0 rings (SSSR count). The number of hydrogen-bond acceptors (Lipinski definition) is 4. The van der Waals surface area contributed by atoms with Crippen LogP contribution in [-0.2, 0) is 9.59 Å². The second-order valence-electron chi connectivity index (χ2n) is 3.15. The summed E-state index contributed by atoms with van der Waals surface area (Å²) in [5.74, 6) is -2.38. The Bertz CT molecular complexity index is 194. The quantitative estimate of drug-likeness (QED) is 0.537. The summed E-state index contributed by atoms with van der Waals surface area (Å²) in [6.45, 7) is 3.43. The first-order chi connectivity index (χ1) is 5.98. The van der Waals surface area contributed by atoms with Crippen LogP contribution in [0, 0.1) is 5.41 Å². The molecule has 0 fully saturated rings. The zero-order valence-electron chi connectivity index (χ0n) is 7.96. The van der Waals surface area contributed by atoms with Crippen molar-refractivity contribution in [2.24, 2.45) is 5.41 Å². The van der Waals surface area contributed by atoms with Crippen molar-refractivity contribution < 1.29 is 19.8 Å². The summed E-state index contributed by atoms with van der Waals surface area (Å²) in [4.78, 5) is 20.9. The van der Waals surface area contributed by atoms with Gasteiger partial charge in [0.25, 0.3) is 0 Å². The molecule has 0 aromatic rings. The maximum absolute atomic E-state index is 10.8. The van der Waals surface area contributed by atoms with Gasteiger partial charge in [-0.2, -0.15) is 0 Å². The van der Waals surface area contributed by atoms with Crippen LogP contribution in [0.5, 0.6) is 0 Å². The lowest BCUT2D eigenvalue weighted by Crippen LogP contribution is -2.42. The smallest absolute Gasteiger partial charge is 0.0476 e. The van der Waals surface area contributed by atoms with Crippen molar-refractivity contribution in [2.75, 3.05) is 0 Å². The second-order valence-corrected chi connectivity index (χ2v) is 3.15. The SMILES string of the molecule is CCC(CC)(CCC(=O)[O-])C(=O)[O-]. The first kappa shape index (κ1) is 11.9. The van der Waals surface area contributed by atoms with Gasteiger partial charge in [-0.1, -0.05) is 13.8 Å². The fourth-order valence-corrected chi connectivity index (χ4v) is 1.34. The molecule has 0 aliphatic heterocycles. The highest BCUT2D eigenvalue weighted by molar-refractivity contribution is 5.73. The van der Waals surface area contributed by atoms with Gasteiger partial charge >= 0.3 is 0 Å². The van der Waals surface area contributed by atoms with Gasteiger partial charge in [0.1, 0.15) is 0 Å². The summed E-state index contributed by atoms with van der Waals surface area (Å²) >= 11 is 0. The van der Waals surface area contributed by atoms with Crippen LogP contribution in [0.15, 0.2) is 0 Å². The van der Waals surface area contributed by atoms with Gasteiger partial charge in [-0.3, -0.25) is 0 Å². The van der Waals surface area contributed by atoms with Crippen molar-refractivity contribution in [2.45, 2.75) is 39.5 Å². The van der Waals surface area contributed by atoms with Crippen molar-refractivity contribution in [1.82, 2.24) is 0 Å². The minimum Gasteiger partial charge on any atom is -0.550 e. The van der Waals surface area contributed by atoms with Crippen LogP contribution in [0.4, 0.5) is 0 Å². The van der Waals surface area contributed by atoms with Crippen LogP contribution in [0.25, 0.3) is 0 Å². The summed E-state index contributed by atoms with van der Waals surface area (Å²) < 4.78 is 0. The Morgan fingerprint density at radius 1 is 1.15 bits per heavy atom. The molecule has 0 amide bonds. The van der Waals surface area contributed by atoms with Crippen LogP contribution in [-0.4, -0.2) is 11.9 Å². The van der Waals surface area contributed by atoms with Crippen LogP contribution in [0.3, 0.4) is 0 Å². The van der Waals surface area contributed by atoms with Crippen molar-refractivity contribution in [3.05, 3.63) is 0 Å². The fourth-order valence-electron chi connectivity index (χ4n) is 1.34. The molecule has 0 aromatic heterocycles. The van der Waals surface area contributed by atoms with E-state index in [0.717, 1.165) is 0 Å². The van der Waals surface area contributed by atoms with Gasteiger partial charge in [-0.15, -0.1) is 0 Å². The molecule has 0 saturated carbocycles. The molecule has 4 heteroatoms. The average Bonchev–Trinajstić information content (AvgIpc) is 2.06. The number of aliphatic carboxylic acids is 2. The molecule has 0 radical (unpaired) electrons. The third-order valence-corrected chi connectivity index (χ3v) is 2.59. The van der Waals surface area contributed by atoms with E-state index in [1.54, 1.807) is 13.8 Å². The maximum atomic E-state index is 10.8. The van der Waals surface area contributed by atoms with Crippen molar-refractivity contribution in [3.63, 3.8) is 0 Å². The van der Waals surface area contributed by atoms with E-state index in [0.29, 0.717) is 12.8 Å². The normalized spacial score (nSPS) is 11.2. The van der Waals surface area contributed by atoms with Gasteiger partial charge in [0.05, 0.1) is 0 Å². The molecule has 0 spiro atoms.